The summed E-state index contributed by atoms with van der Waals surface area (Å²) in [6, 6.07) is 23.5. The van der Waals surface area contributed by atoms with Gasteiger partial charge in [0, 0.05) is 12.6 Å². The molecule has 4 nitrogen and oxygen atoms in total. The standard InChI is InChI=1S/C20H20N2O2/c21-19(18-11-10-16-8-4-5-9-17(16)12-18)13-22-20(23)24-14-15-6-2-1-3-7-15/h1-12,19H,13-14,21H2,(H,22,23). The summed E-state index contributed by atoms with van der Waals surface area (Å²) in [5.41, 5.74) is 8.11. The van der Waals surface area contributed by atoms with Gasteiger partial charge >= 0.3 is 6.09 Å². The van der Waals surface area contributed by atoms with Crippen LogP contribution >= 0.6 is 0 Å². The van der Waals surface area contributed by atoms with Gasteiger partial charge in [-0.05, 0) is 28.0 Å². The van der Waals surface area contributed by atoms with Crippen molar-refractivity contribution in [1.82, 2.24) is 5.32 Å². The molecule has 1 amide bonds. The van der Waals surface area contributed by atoms with Crippen molar-refractivity contribution in [3.8, 4) is 0 Å². The molecule has 0 spiro atoms. The molecule has 0 aromatic heterocycles. The number of nitrogens with one attached hydrogen (secondary N) is 1. The molecule has 3 aromatic rings. The minimum atomic E-state index is -0.463. The van der Waals surface area contributed by atoms with E-state index in [2.05, 4.69) is 17.4 Å². The number of rotatable bonds is 5. The van der Waals surface area contributed by atoms with Crippen LogP contribution in [0.15, 0.2) is 72.8 Å². The van der Waals surface area contributed by atoms with Crippen LogP contribution in [-0.4, -0.2) is 12.6 Å². The Morgan fingerprint density at radius 2 is 1.67 bits per heavy atom. The van der Waals surface area contributed by atoms with Crippen LogP contribution in [-0.2, 0) is 11.3 Å². The van der Waals surface area contributed by atoms with Crippen molar-refractivity contribution in [3.63, 3.8) is 0 Å². The molecule has 0 aliphatic carbocycles. The third-order valence-corrected chi connectivity index (χ3v) is 3.88. The lowest BCUT2D eigenvalue weighted by Gasteiger charge is -2.14. The van der Waals surface area contributed by atoms with E-state index >= 15 is 0 Å². The summed E-state index contributed by atoms with van der Waals surface area (Å²) in [7, 11) is 0. The lowest BCUT2D eigenvalue weighted by molar-refractivity contribution is 0.139. The summed E-state index contributed by atoms with van der Waals surface area (Å²) in [6.45, 7) is 0.573. The van der Waals surface area contributed by atoms with E-state index in [1.54, 1.807) is 0 Å². The number of alkyl carbamates (subject to hydrolysis) is 1. The van der Waals surface area contributed by atoms with E-state index in [9.17, 15) is 4.79 Å². The fourth-order valence-corrected chi connectivity index (χ4v) is 2.52. The Balaban J connectivity index is 1.52. The fraction of sp³-hybridized carbons (Fsp3) is 0.150. The van der Waals surface area contributed by atoms with Gasteiger partial charge in [-0.25, -0.2) is 4.79 Å². The van der Waals surface area contributed by atoms with Crippen molar-refractivity contribution in [1.29, 1.82) is 0 Å². The summed E-state index contributed by atoms with van der Waals surface area (Å²) >= 11 is 0. The van der Waals surface area contributed by atoms with Gasteiger partial charge in [-0.2, -0.15) is 0 Å². The quantitative estimate of drug-likeness (QED) is 0.752. The highest BCUT2D eigenvalue weighted by Crippen LogP contribution is 2.19. The molecule has 1 atom stereocenters. The maximum Gasteiger partial charge on any atom is 0.407 e. The summed E-state index contributed by atoms with van der Waals surface area (Å²) in [5, 5.41) is 5.02. The average molecular weight is 320 g/mol. The molecule has 0 saturated heterocycles. The molecular formula is C20H20N2O2. The molecule has 0 aliphatic rings. The van der Waals surface area contributed by atoms with Crippen LogP contribution < -0.4 is 11.1 Å². The first-order chi connectivity index (χ1) is 11.7. The molecule has 122 valence electrons. The molecule has 0 bridgehead atoms. The van der Waals surface area contributed by atoms with Crippen LogP contribution in [0.4, 0.5) is 4.79 Å². The zero-order valence-corrected chi connectivity index (χ0v) is 13.3. The number of carbonyl (C=O) groups is 1. The predicted molar refractivity (Wildman–Crippen MR) is 95.5 cm³/mol. The molecule has 0 saturated carbocycles. The Hall–Kier alpha value is -2.85. The van der Waals surface area contributed by atoms with Crippen molar-refractivity contribution in [2.45, 2.75) is 12.6 Å². The van der Waals surface area contributed by atoms with Gasteiger partial charge in [0.05, 0.1) is 0 Å². The third-order valence-electron chi connectivity index (χ3n) is 3.88. The molecule has 3 aromatic carbocycles. The molecular weight excluding hydrogens is 300 g/mol. The number of hydrogen-bond donors (Lipinski definition) is 2. The number of fused-ring (bicyclic) bond motifs is 1. The van der Waals surface area contributed by atoms with Crippen molar-refractivity contribution in [2.75, 3.05) is 6.54 Å². The molecule has 1 unspecified atom stereocenters. The lowest BCUT2D eigenvalue weighted by Crippen LogP contribution is -2.32. The minimum absolute atomic E-state index is 0.248. The summed E-state index contributed by atoms with van der Waals surface area (Å²) in [5.74, 6) is 0. The smallest absolute Gasteiger partial charge is 0.407 e. The second-order valence-corrected chi connectivity index (χ2v) is 5.66. The zero-order chi connectivity index (χ0) is 16.8. The Kier molecular flexibility index (Phi) is 5.08. The van der Waals surface area contributed by atoms with Gasteiger partial charge in [-0.1, -0.05) is 66.7 Å². The third kappa shape index (κ3) is 4.12. The molecule has 3 rings (SSSR count). The van der Waals surface area contributed by atoms with Gasteiger partial charge in [-0.3, -0.25) is 0 Å². The molecule has 0 heterocycles. The second-order valence-electron chi connectivity index (χ2n) is 5.66. The molecule has 0 aliphatic heterocycles. The molecule has 0 fully saturated rings. The first kappa shape index (κ1) is 16.0. The highest BCUT2D eigenvalue weighted by Gasteiger charge is 2.09. The zero-order valence-electron chi connectivity index (χ0n) is 13.3. The van der Waals surface area contributed by atoms with Crippen molar-refractivity contribution < 1.29 is 9.53 Å². The Morgan fingerprint density at radius 3 is 2.46 bits per heavy atom. The van der Waals surface area contributed by atoms with Crippen molar-refractivity contribution >= 4 is 16.9 Å². The van der Waals surface area contributed by atoms with Crippen LogP contribution in [0.25, 0.3) is 10.8 Å². The SMILES string of the molecule is NC(CNC(=O)OCc1ccccc1)c1ccc2ccccc2c1. The van der Waals surface area contributed by atoms with Gasteiger partial charge in [-0.15, -0.1) is 0 Å². The maximum absolute atomic E-state index is 11.8. The molecule has 0 radical (unpaired) electrons. The average Bonchev–Trinajstić information content (AvgIpc) is 2.65. The topological polar surface area (TPSA) is 64.3 Å². The van der Waals surface area contributed by atoms with Crippen molar-refractivity contribution in [2.24, 2.45) is 5.73 Å². The van der Waals surface area contributed by atoms with E-state index < -0.39 is 6.09 Å². The van der Waals surface area contributed by atoms with E-state index in [1.807, 2.05) is 60.7 Å². The highest BCUT2D eigenvalue weighted by atomic mass is 16.5. The lowest BCUT2D eigenvalue weighted by atomic mass is 10.0. The Labute approximate surface area is 141 Å². The van der Waals surface area contributed by atoms with Crippen LogP contribution in [0.1, 0.15) is 17.2 Å². The number of hydrogen-bond acceptors (Lipinski definition) is 3. The fourth-order valence-electron chi connectivity index (χ4n) is 2.52. The van der Waals surface area contributed by atoms with Crippen LogP contribution in [0, 0.1) is 0 Å². The second kappa shape index (κ2) is 7.62. The van der Waals surface area contributed by atoms with Gasteiger partial charge in [0.15, 0.2) is 0 Å². The first-order valence-electron chi connectivity index (χ1n) is 7.91. The summed E-state index contributed by atoms with van der Waals surface area (Å²) in [6.07, 6.45) is -0.463. The number of amides is 1. The maximum atomic E-state index is 11.8. The summed E-state index contributed by atoms with van der Waals surface area (Å²) < 4.78 is 5.18. The van der Waals surface area contributed by atoms with Crippen LogP contribution in [0.3, 0.4) is 0 Å². The van der Waals surface area contributed by atoms with Gasteiger partial charge in [0.2, 0.25) is 0 Å². The normalized spacial score (nSPS) is 11.9. The Bertz CT molecular complexity index is 818. The van der Waals surface area contributed by atoms with E-state index in [0.717, 1.165) is 16.5 Å². The summed E-state index contributed by atoms with van der Waals surface area (Å²) in [4.78, 5) is 11.8. The molecule has 24 heavy (non-hydrogen) atoms. The number of carbonyl (C=O) groups excluding carboxylic acids is 1. The monoisotopic (exact) mass is 320 g/mol. The largest absolute Gasteiger partial charge is 0.445 e. The number of benzene rings is 3. The van der Waals surface area contributed by atoms with Crippen LogP contribution in [0.2, 0.25) is 0 Å². The van der Waals surface area contributed by atoms with Gasteiger partial charge in [0.1, 0.15) is 6.61 Å². The van der Waals surface area contributed by atoms with E-state index in [0.29, 0.717) is 6.54 Å². The first-order valence-corrected chi connectivity index (χ1v) is 7.91. The molecule has 3 N–H and O–H groups in total. The van der Waals surface area contributed by atoms with Gasteiger partial charge in [0.25, 0.3) is 0 Å². The van der Waals surface area contributed by atoms with Crippen LogP contribution in [0.5, 0.6) is 0 Å². The van der Waals surface area contributed by atoms with E-state index in [4.69, 9.17) is 10.5 Å². The van der Waals surface area contributed by atoms with E-state index in [-0.39, 0.29) is 12.6 Å². The molecule has 4 heteroatoms. The van der Waals surface area contributed by atoms with Gasteiger partial charge < -0.3 is 15.8 Å². The highest BCUT2D eigenvalue weighted by molar-refractivity contribution is 5.83. The number of nitrogens with two attached hydrogens (primary N) is 1. The van der Waals surface area contributed by atoms with E-state index in [1.165, 1.54) is 5.39 Å². The Morgan fingerprint density at radius 1 is 0.958 bits per heavy atom. The number of ether oxygens (including phenoxy) is 1. The van der Waals surface area contributed by atoms with Crippen molar-refractivity contribution in [3.05, 3.63) is 83.9 Å². The minimum Gasteiger partial charge on any atom is -0.445 e. The predicted octanol–water partition coefficient (Wildman–Crippen LogP) is 3.77.